The number of allylic oxidation sites excluding steroid dienone is 2. The van der Waals surface area contributed by atoms with Crippen molar-refractivity contribution >= 4 is 5.82 Å². The van der Waals surface area contributed by atoms with Crippen molar-refractivity contribution in [2.75, 3.05) is 45.3 Å². The van der Waals surface area contributed by atoms with E-state index in [-0.39, 0.29) is 6.61 Å². The molecular formula is C23H28N4O3. The van der Waals surface area contributed by atoms with Gasteiger partial charge in [-0.3, -0.25) is 0 Å². The summed E-state index contributed by atoms with van der Waals surface area (Å²) in [5.74, 6) is 1.37. The lowest BCUT2D eigenvalue weighted by Gasteiger charge is -2.30. The van der Waals surface area contributed by atoms with E-state index in [2.05, 4.69) is 26.8 Å². The van der Waals surface area contributed by atoms with Gasteiger partial charge in [0.05, 0.1) is 32.6 Å². The van der Waals surface area contributed by atoms with E-state index in [1.165, 1.54) is 6.33 Å². The molecular weight excluding hydrogens is 380 g/mol. The van der Waals surface area contributed by atoms with Crippen LogP contribution in [0.2, 0.25) is 0 Å². The molecule has 1 fully saturated rings. The summed E-state index contributed by atoms with van der Waals surface area (Å²) in [5.41, 5.74) is 4.21. The molecule has 7 nitrogen and oxygen atoms in total. The molecule has 0 atom stereocenters. The number of hydrogen-bond acceptors (Lipinski definition) is 7. The Kier molecular flexibility index (Phi) is 7.59. The van der Waals surface area contributed by atoms with Gasteiger partial charge in [-0.05, 0) is 36.8 Å². The fourth-order valence-corrected chi connectivity index (χ4v) is 3.28. The van der Waals surface area contributed by atoms with E-state index in [4.69, 9.17) is 9.47 Å². The summed E-state index contributed by atoms with van der Waals surface area (Å²) in [6.07, 6.45) is 5.10. The van der Waals surface area contributed by atoms with Crippen molar-refractivity contribution in [3.8, 4) is 17.0 Å². The third-order valence-electron chi connectivity index (χ3n) is 4.99. The van der Waals surface area contributed by atoms with E-state index in [1.54, 1.807) is 13.2 Å². The molecule has 1 aliphatic heterocycles. The zero-order chi connectivity index (χ0) is 21.3. The summed E-state index contributed by atoms with van der Waals surface area (Å²) in [6.45, 7) is 8.85. The van der Waals surface area contributed by atoms with Gasteiger partial charge in [-0.1, -0.05) is 18.7 Å². The van der Waals surface area contributed by atoms with Crippen LogP contribution in [0, 0.1) is 0 Å². The topological polar surface area (TPSA) is 79.7 Å². The predicted octanol–water partition coefficient (Wildman–Crippen LogP) is 3.23. The molecule has 1 aliphatic rings. The van der Waals surface area contributed by atoms with Crippen LogP contribution in [0.25, 0.3) is 11.3 Å². The van der Waals surface area contributed by atoms with E-state index in [0.717, 1.165) is 47.1 Å². The van der Waals surface area contributed by atoms with Gasteiger partial charge in [0.1, 0.15) is 17.9 Å². The van der Waals surface area contributed by atoms with Crippen molar-refractivity contribution in [2.45, 2.75) is 6.92 Å². The minimum absolute atomic E-state index is 0.0710. The Labute approximate surface area is 177 Å². The summed E-state index contributed by atoms with van der Waals surface area (Å²) in [5, 5.41) is 13.2. The number of nitrogens with zero attached hydrogens (tertiary/aromatic N) is 3. The molecule has 0 unspecified atom stereocenters. The Morgan fingerprint density at radius 3 is 2.77 bits per heavy atom. The predicted molar refractivity (Wildman–Crippen MR) is 118 cm³/mol. The highest BCUT2D eigenvalue weighted by Crippen LogP contribution is 2.29. The van der Waals surface area contributed by atoms with Gasteiger partial charge in [-0.2, -0.15) is 0 Å². The van der Waals surface area contributed by atoms with Gasteiger partial charge in [0, 0.05) is 36.1 Å². The first kappa shape index (κ1) is 21.5. The summed E-state index contributed by atoms with van der Waals surface area (Å²) in [7, 11) is 1.64. The molecule has 3 rings (SSSR count). The monoisotopic (exact) mass is 408 g/mol. The van der Waals surface area contributed by atoms with Crippen molar-refractivity contribution < 1.29 is 14.6 Å². The second-order valence-electron chi connectivity index (χ2n) is 6.79. The van der Waals surface area contributed by atoms with Crippen molar-refractivity contribution in [1.82, 2.24) is 14.9 Å². The Morgan fingerprint density at radius 2 is 2.07 bits per heavy atom. The smallest absolute Gasteiger partial charge is 0.134 e. The van der Waals surface area contributed by atoms with Crippen molar-refractivity contribution in [3.05, 3.63) is 72.4 Å². The maximum atomic E-state index is 9.93. The lowest BCUT2D eigenvalue weighted by atomic mass is 10.1. The summed E-state index contributed by atoms with van der Waals surface area (Å²) in [4.78, 5) is 10.9. The van der Waals surface area contributed by atoms with Crippen LogP contribution in [-0.2, 0) is 4.74 Å². The third kappa shape index (κ3) is 5.25. The molecule has 30 heavy (non-hydrogen) atoms. The number of aromatic nitrogens is 2. The summed E-state index contributed by atoms with van der Waals surface area (Å²) < 4.78 is 10.9. The highest BCUT2D eigenvalue weighted by molar-refractivity contribution is 5.69. The normalized spacial score (nSPS) is 15.4. The first-order valence-electron chi connectivity index (χ1n) is 9.86. The average Bonchev–Trinajstić information content (AvgIpc) is 2.82. The molecule has 1 aromatic carbocycles. The van der Waals surface area contributed by atoms with E-state index in [1.807, 2.05) is 43.3 Å². The number of hydrogen-bond donors (Lipinski definition) is 2. The average molecular weight is 409 g/mol. The molecule has 0 bridgehead atoms. The zero-order valence-electron chi connectivity index (χ0n) is 17.5. The minimum atomic E-state index is -0.0710. The lowest BCUT2D eigenvalue weighted by molar-refractivity contribution is 0.0530. The fourth-order valence-electron chi connectivity index (χ4n) is 3.28. The van der Waals surface area contributed by atoms with Gasteiger partial charge in [-0.25, -0.2) is 9.97 Å². The van der Waals surface area contributed by atoms with Gasteiger partial charge >= 0.3 is 0 Å². The van der Waals surface area contributed by atoms with Gasteiger partial charge in [-0.15, -0.1) is 0 Å². The highest BCUT2D eigenvalue weighted by Gasteiger charge is 2.14. The highest BCUT2D eigenvalue weighted by atomic mass is 16.5. The number of anilines is 1. The largest absolute Gasteiger partial charge is 0.496 e. The molecule has 0 radical (unpaired) electrons. The Hall–Kier alpha value is -3.16. The SMILES string of the molecule is C=C/C(=C\C(CO)=C(/C)N1CCOCC1)Nc1cc(-c2ccccc2OC)ncn1. The van der Waals surface area contributed by atoms with Gasteiger partial charge in [0.25, 0.3) is 0 Å². The zero-order valence-corrected chi connectivity index (χ0v) is 17.5. The number of nitrogens with one attached hydrogen (secondary N) is 1. The molecule has 7 heteroatoms. The Bertz CT molecular complexity index is 934. The number of ether oxygens (including phenoxy) is 2. The van der Waals surface area contributed by atoms with E-state index in [0.29, 0.717) is 19.0 Å². The maximum absolute atomic E-state index is 9.93. The van der Waals surface area contributed by atoms with Crippen LogP contribution in [0.4, 0.5) is 5.82 Å². The van der Waals surface area contributed by atoms with Crippen LogP contribution >= 0.6 is 0 Å². The molecule has 158 valence electrons. The van der Waals surface area contributed by atoms with E-state index >= 15 is 0 Å². The molecule has 0 aliphatic carbocycles. The van der Waals surface area contributed by atoms with Gasteiger partial charge in [0.2, 0.25) is 0 Å². The van der Waals surface area contributed by atoms with Crippen molar-refractivity contribution in [3.63, 3.8) is 0 Å². The molecule has 0 amide bonds. The lowest BCUT2D eigenvalue weighted by Crippen LogP contribution is -2.35. The number of rotatable bonds is 8. The molecule has 0 spiro atoms. The molecule has 1 aromatic heterocycles. The summed E-state index contributed by atoms with van der Waals surface area (Å²) in [6, 6.07) is 9.56. The quantitative estimate of drug-likeness (QED) is 0.649. The second-order valence-corrected chi connectivity index (χ2v) is 6.79. The third-order valence-corrected chi connectivity index (χ3v) is 4.99. The first-order chi connectivity index (χ1) is 14.7. The fraction of sp³-hybridized carbons (Fsp3) is 0.304. The molecule has 1 saturated heterocycles. The second kappa shape index (κ2) is 10.6. The number of benzene rings is 1. The number of morpholine rings is 1. The standard InChI is InChI=1S/C23H28N4O3/c1-4-19(13-18(15-28)17(2)27-9-11-30-12-10-27)26-23-14-21(24-16-25-23)20-7-5-6-8-22(20)29-3/h4-8,13-14,16,28H,1,9-12,15H2,2-3H3,(H,24,25,26)/b18-17-,19-13+. The van der Waals surface area contributed by atoms with Gasteiger partial charge in [0.15, 0.2) is 0 Å². The Morgan fingerprint density at radius 1 is 1.30 bits per heavy atom. The Balaban J connectivity index is 1.85. The molecule has 0 saturated carbocycles. The van der Waals surface area contributed by atoms with Crippen LogP contribution in [0.3, 0.4) is 0 Å². The number of aliphatic hydroxyl groups excluding tert-OH is 1. The molecule has 2 aromatic rings. The van der Waals surface area contributed by atoms with Crippen molar-refractivity contribution in [1.29, 1.82) is 0 Å². The summed E-state index contributed by atoms with van der Waals surface area (Å²) >= 11 is 0. The first-order valence-corrected chi connectivity index (χ1v) is 9.86. The molecule has 2 N–H and O–H groups in total. The maximum Gasteiger partial charge on any atom is 0.134 e. The van der Waals surface area contributed by atoms with Crippen LogP contribution in [0.1, 0.15) is 6.92 Å². The van der Waals surface area contributed by atoms with Crippen LogP contribution in [0.5, 0.6) is 5.75 Å². The van der Waals surface area contributed by atoms with Crippen LogP contribution in [0.15, 0.2) is 72.4 Å². The van der Waals surface area contributed by atoms with E-state index < -0.39 is 0 Å². The number of methoxy groups -OCH3 is 1. The minimum Gasteiger partial charge on any atom is -0.496 e. The van der Waals surface area contributed by atoms with Crippen LogP contribution in [-0.4, -0.2) is 60.0 Å². The van der Waals surface area contributed by atoms with Gasteiger partial charge < -0.3 is 24.8 Å². The van der Waals surface area contributed by atoms with Crippen molar-refractivity contribution in [2.24, 2.45) is 0 Å². The van der Waals surface area contributed by atoms with E-state index in [9.17, 15) is 5.11 Å². The van der Waals surface area contributed by atoms with Crippen LogP contribution < -0.4 is 10.1 Å². The number of aliphatic hydroxyl groups is 1. The number of para-hydroxylation sites is 1. The molecule has 2 heterocycles.